The van der Waals surface area contributed by atoms with E-state index in [1.807, 2.05) is 37.2 Å². The second-order valence-electron chi connectivity index (χ2n) is 8.42. The van der Waals surface area contributed by atoms with Gasteiger partial charge in [0.15, 0.2) is 5.13 Å². The maximum Gasteiger partial charge on any atom is 0.260 e. The van der Waals surface area contributed by atoms with Gasteiger partial charge in [-0.05, 0) is 61.7 Å². The van der Waals surface area contributed by atoms with Crippen LogP contribution in [0.15, 0.2) is 47.4 Å². The first-order valence-electron chi connectivity index (χ1n) is 9.71. The lowest BCUT2D eigenvalue weighted by molar-refractivity contribution is 0.0985. The van der Waals surface area contributed by atoms with Gasteiger partial charge in [0.2, 0.25) is 0 Å². The molecule has 0 unspecified atom stereocenters. The Morgan fingerprint density at radius 2 is 1.76 bits per heavy atom. The molecule has 2 aromatic carbocycles. The van der Waals surface area contributed by atoms with Crippen LogP contribution in [0.25, 0.3) is 10.2 Å². The lowest BCUT2D eigenvalue weighted by Crippen LogP contribution is -2.36. The predicted molar refractivity (Wildman–Crippen MR) is 127 cm³/mol. The molecule has 1 heterocycles. The molecule has 3 aromatic rings. The van der Waals surface area contributed by atoms with Gasteiger partial charge in [-0.1, -0.05) is 44.2 Å². The van der Waals surface area contributed by atoms with Gasteiger partial charge in [0, 0.05) is 23.5 Å². The average molecular weight is 428 g/mol. The maximum atomic E-state index is 13.4. The highest BCUT2D eigenvalue weighted by Crippen LogP contribution is 2.32. The zero-order valence-electron chi connectivity index (χ0n) is 18.0. The highest BCUT2D eigenvalue weighted by Gasteiger charge is 2.22. The number of anilines is 1. The van der Waals surface area contributed by atoms with Crippen molar-refractivity contribution in [2.24, 2.45) is 0 Å². The van der Waals surface area contributed by atoms with Crippen LogP contribution in [0.3, 0.4) is 0 Å². The zero-order chi connectivity index (χ0) is 21.2. The van der Waals surface area contributed by atoms with E-state index >= 15 is 0 Å². The Labute approximate surface area is 181 Å². The summed E-state index contributed by atoms with van der Waals surface area (Å²) in [6.45, 7) is 7.91. The van der Waals surface area contributed by atoms with Crippen molar-refractivity contribution >= 4 is 44.4 Å². The van der Waals surface area contributed by atoms with Gasteiger partial charge in [-0.3, -0.25) is 9.69 Å². The van der Waals surface area contributed by atoms with E-state index in [9.17, 15) is 4.79 Å². The van der Waals surface area contributed by atoms with E-state index in [4.69, 9.17) is 4.98 Å². The van der Waals surface area contributed by atoms with E-state index in [-0.39, 0.29) is 11.3 Å². The largest absolute Gasteiger partial charge is 0.308 e. The normalized spacial score (nSPS) is 12.0. The number of amides is 1. The Morgan fingerprint density at radius 1 is 1.07 bits per heavy atom. The molecule has 0 aliphatic rings. The van der Waals surface area contributed by atoms with Gasteiger partial charge >= 0.3 is 0 Å². The quantitative estimate of drug-likeness (QED) is 0.485. The van der Waals surface area contributed by atoms with Gasteiger partial charge in [-0.2, -0.15) is 0 Å². The lowest BCUT2D eigenvalue weighted by Gasteiger charge is -2.23. The molecule has 154 valence electrons. The molecule has 1 amide bonds. The van der Waals surface area contributed by atoms with Crippen molar-refractivity contribution in [1.82, 2.24) is 9.88 Å². The summed E-state index contributed by atoms with van der Waals surface area (Å²) < 4.78 is 1.11. The Bertz CT molecular complexity index is 988. The van der Waals surface area contributed by atoms with Gasteiger partial charge in [0.25, 0.3) is 5.91 Å². The molecule has 0 aliphatic heterocycles. The van der Waals surface area contributed by atoms with Crippen LogP contribution in [0.1, 0.15) is 36.7 Å². The summed E-state index contributed by atoms with van der Waals surface area (Å²) in [5.41, 5.74) is 2.92. The van der Waals surface area contributed by atoms with Gasteiger partial charge in [-0.15, -0.1) is 11.8 Å². The number of carbonyl (C=O) groups is 1. The predicted octanol–water partition coefficient (Wildman–Crippen LogP) is 5.52. The fourth-order valence-corrected chi connectivity index (χ4v) is 4.53. The summed E-state index contributed by atoms with van der Waals surface area (Å²) in [6.07, 6.45) is 2.07. The standard InChI is InChI=1S/C23H29N3OS2/c1-23(2,3)17-9-7-16(8-10-17)21(27)26(14-13-25(4)5)22-24-19-12-11-18(28-6)15-20(19)29-22/h7-12,15H,13-14H2,1-6H3. The van der Waals surface area contributed by atoms with Crippen molar-refractivity contribution in [1.29, 1.82) is 0 Å². The number of nitrogens with zero attached hydrogens (tertiary/aromatic N) is 3. The molecule has 0 saturated heterocycles. The van der Waals surface area contributed by atoms with E-state index in [0.717, 1.165) is 21.9 Å². The van der Waals surface area contributed by atoms with Crippen molar-refractivity contribution in [2.45, 2.75) is 31.1 Å². The van der Waals surface area contributed by atoms with E-state index in [0.29, 0.717) is 12.1 Å². The molecule has 0 saturated carbocycles. The number of benzene rings is 2. The maximum absolute atomic E-state index is 13.4. The third kappa shape index (κ3) is 5.18. The van der Waals surface area contributed by atoms with E-state index < -0.39 is 0 Å². The van der Waals surface area contributed by atoms with Crippen molar-refractivity contribution in [3.8, 4) is 0 Å². The van der Waals surface area contributed by atoms with Gasteiger partial charge in [0.1, 0.15) is 0 Å². The van der Waals surface area contributed by atoms with Crippen LogP contribution >= 0.6 is 23.1 Å². The number of carbonyl (C=O) groups excluding carboxylic acids is 1. The number of fused-ring (bicyclic) bond motifs is 1. The van der Waals surface area contributed by atoms with Crippen LogP contribution in [0.4, 0.5) is 5.13 Å². The molecular formula is C23H29N3OS2. The highest BCUT2D eigenvalue weighted by molar-refractivity contribution is 7.98. The third-order valence-electron chi connectivity index (χ3n) is 4.83. The Morgan fingerprint density at radius 3 is 2.34 bits per heavy atom. The first kappa shape index (κ1) is 21.8. The second-order valence-corrected chi connectivity index (χ2v) is 10.3. The molecule has 6 heteroatoms. The second kappa shape index (κ2) is 8.86. The minimum atomic E-state index is -0.00328. The number of hydrogen-bond donors (Lipinski definition) is 0. The molecule has 0 fully saturated rings. The van der Waals surface area contributed by atoms with Crippen molar-refractivity contribution in [3.05, 3.63) is 53.6 Å². The van der Waals surface area contributed by atoms with Gasteiger partial charge in [0.05, 0.1) is 10.2 Å². The summed E-state index contributed by atoms with van der Waals surface area (Å²) in [7, 11) is 4.04. The zero-order valence-corrected chi connectivity index (χ0v) is 19.7. The van der Waals surface area contributed by atoms with Crippen LogP contribution in [-0.4, -0.2) is 49.2 Å². The molecule has 0 atom stereocenters. The Balaban J connectivity index is 1.95. The summed E-state index contributed by atoms with van der Waals surface area (Å²) in [5, 5.41) is 0.755. The summed E-state index contributed by atoms with van der Waals surface area (Å²) in [4.78, 5) is 23.3. The number of aromatic nitrogens is 1. The highest BCUT2D eigenvalue weighted by atomic mass is 32.2. The Hall–Kier alpha value is -1.89. The topological polar surface area (TPSA) is 36.4 Å². The monoisotopic (exact) mass is 427 g/mol. The third-order valence-corrected chi connectivity index (χ3v) is 6.60. The van der Waals surface area contributed by atoms with Crippen LogP contribution in [0.2, 0.25) is 0 Å². The van der Waals surface area contributed by atoms with Crippen LogP contribution in [0, 0.1) is 0 Å². The fourth-order valence-electron chi connectivity index (χ4n) is 2.99. The molecule has 0 spiro atoms. The number of likely N-dealkylation sites (N-methyl/N-ethyl adjacent to an activating group) is 1. The fraction of sp³-hybridized carbons (Fsp3) is 0.391. The van der Waals surface area contributed by atoms with E-state index in [1.54, 1.807) is 23.1 Å². The summed E-state index contributed by atoms with van der Waals surface area (Å²) in [6, 6.07) is 14.2. The Kier molecular flexibility index (Phi) is 6.66. The van der Waals surface area contributed by atoms with Crippen molar-refractivity contribution < 1.29 is 4.79 Å². The van der Waals surface area contributed by atoms with Crippen LogP contribution < -0.4 is 4.90 Å². The number of hydrogen-bond acceptors (Lipinski definition) is 5. The smallest absolute Gasteiger partial charge is 0.260 e. The lowest BCUT2D eigenvalue weighted by atomic mass is 9.86. The minimum Gasteiger partial charge on any atom is -0.308 e. The van der Waals surface area contributed by atoms with Crippen molar-refractivity contribution in [3.63, 3.8) is 0 Å². The van der Waals surface area contributed by atoms with Gasteiger partial charge < -0.3 is 4.90 Å². The van der Waals surface area contributed by atoms with Crippen LogP contribution in [-0.2, 0) is 5.41 Å². The first-order chi connectivity index (χ1) is 13.7. The number of thiazole rings is 1. The minimum absolute atomic E-state index is 0.00328. The first-order valence-corrected chi connectivity index (χ1v) is 11.7. The average Bonchev–Trinajstić information content (AvgIpc) is 3.09. The van der Waals surface area contributed by atoms with Crippen LogP contribution in [0.5, 0.6) is 0 Å². The molecule has 1 aromatic heterocycles. The van der Waals surface area contributed by atoms with Crippen molar-refractivity contribution in [2.75, 3.05) is 38.3 Å². The molecular weight excluding hydrogens is 398 g/mol. The van der Waals surface area contributed by atoms with E-state index in [1.165, 1.54) is 10.5 Å². The summed E-state index contributed by atoms with van der Waals surface area (Å²) in [5.74, 6) is -0.00328. The number of thioether (sulfide) groups is 1. The number of rotatable bonds is 6. The van der Waals surface area contributed by atoms with E-state index in [2.05, 4.69) is 56.2 Å². The molecule has 3 rings (SSSR count). The molecule has 29 heavy (non-hydrogen) atoms. The molecule has 0 radical (unpaired) electrons. The molecule has 0 bridgehead atoms. The summed E-state index contributed by atoms with van der Waals surface area (Å²) >= 11 is 3.29. The molecule has 4 nitrogen and oxygen atoms in total. The van der Waals surface area contributed by atoms with Gasteiger partial charge in [-0.25, -0.2) is 4.98 Å². The SMILES string of the molecule is CSc1ccc2nc(N(CCN(C)C)C(=O)c3ccc(C(C)(C)C)cc3)sc2c1. The molecule has 0 aliphatic carbocycles. The molecule has 0 N–H and O–H groups in total.